The summed E-state index contributed by atoms with van der Waals surface area (Å²) in [6, 6.07) is -0.558. The van der Waals surface area contributed by atoms with Gasteiger partial charge in [-0.2, -0.15) is 0 Å². The molecule has 0 aliphatic carbocycles. The number of nitrogens with zero attached hydrogens (tertiary/aromatic N) is 1. The van der Waals surface area contributed by atoms with Crippen molar-refractivity contribution >= 4 is 5.91 Å². The van der Waals surface area contributed by atoms with Crippen molar-refractivity contribution in [3.63, 3.8) is 0 Å². The molecule has 0 aromatic carbocycles. The van der Waals surface area contributed by atoms with Crippen LogP contribution in [0.2, 0.25) is 0 Å². The second-order valence-electron chi connectivity index (χ2n) is 3.54. The first-order chi connectivity index (χ1) is 6.09. The number of primary amides is 1. The van der Waals surface area contributed by atoms with Gasteiger partial charge in [0, 0.05) is 19.6 Å². The second-order valence-corrected chi connectivity index (χ2v) is 3.54. The summed E-state index contributed by atoms with van der Waals surface area (Å²) in [5.74, 6) is -0.459. The number of hydrogen-bond donors (Lipinski definition) is 3. The molecule has 1 amide bonds. The maximum Gasteiger partial charge on any atom is 0.234 e. The van der Waals surface area contributed by atoms with Crippen LogP contribution in [0.1, 0.15) is 12.8 Å². The van der Waals surface area contributed by atoms with Crippen molar-refractivity contribution in [3.8, 4) is 0 Å². The molecule has 1 rings (SSSR count). The molecule has 76 valence electrons. The van der Waals surface area contributed by atoms with Gasteiger partial charge in [-0.3, -0.25) is 4.79 Å². The number of amides is 1. The predicted molar refractivity (Wildman–Crippen MR) is 48.9 cm³/mol. The lowest BCUT2D eigenvalue weighted by atomic mass is 10.2. The molecule has 1 heterocycles. The lowest BCUT2D eigenvalue weighted by Gasteiger charge is -2.16. The van der Waals surface area contributed by atoms with Gasteiger partial charge < -0.3 is 21.5 Å². The maximum absolute atomic E-state index is 10.6. The highest BCUT2D eigenvalue weighted by molar-refractivity contribution is 5.79. The lowest BCUT2D eigenvalue weighted by Crippen LogP contribution is -2.39. The van der Waals surface area contributed by atoms with Crippen molar-refractivity contribution in [1.29, 1.82) is 0 Å². The Bertz CT molecular complexity index is 186. The predicted octanol–water partition coefficient (Wildman–Crippen LogP) is -1.74. The van der Waals surface area contributed by atoms with Crippen molar-refractivity contribution < 1.29 is 9.90 Å². The summed E-state index contributed by atoms with van der Waals surface area (Å²) in [6.07, 6.45) is 1.17. The molecule has 1 fully saturated rings. The molecule has 0 spiro atoms. The number of aliphatic hydroxyl groups excluding tert-OH is 1. The van der Waals surface area contributed by atoms with Gasteiger partial charge in [-0.15, -0.1) is 0 Å². The van der Waals surface area contributed by atoms with Gasteiger partial charge in [0.15, 0.2) is 0 Å². The van der Waals surface area contributed by atoms with Crippen LogP contribution in [0.4, 0.5) is 0 Å². The van der Waals surface area contributed by atoms with Gasteiger partial charge in [0.2, 0.25) is 5.91 Å². The average molecular weight is 187 g/mol. The first-order valence-corrected chi connectivity index (χ1v) is 4.55. The Labute approximate surface area is 77.7 Å². The van der Waals surface area contributed by atoms with Gasteiger partial charge in [-0.1, -0.05) is 0 Å². The number of aliphatic hydroxyl groups is 1. The summed E-state index contributed by atoms with van der Waals surface area (Å²) in [7, 11) is 0. The second kappa shape index (κ2) is 4.55. The minimum absolute atomic E-state index is 0.218. The molecule has 5 N–H and O–H groups in total. The molecule has 0 aromatic heterocycles. The van der Waals surface area contributed by atoms with E-state index in [9.17, 15) is 9.90 Å². The van der Waals surface area contributed by atoms with Crippen molar-refractivity contribution in [2.45, 2.75) is 25.0 Å². The summed E-state index contributed by atoms with van der Waals surface area (Å²) in [5, 5.41) is 9.21. The number of carbonyl (C=O) groups is 1. The molecule has 13 heavy (non-hydrogen) atoms. The van der Waals surface area contributed by atoms with E-state index in [0.717, 1.165) is 19.5 Å². The van der Waals surface area contributed by atoms with E-state index in [2.05, 4.69) is 4.90 Å². The van der Waals surface area contributed by atoms with E-state index in [0.29, 0.717) is 13.0 Å². The Hall–Kier alpha value is -0.650. The number of rotatable bonds is 4. The van der Waals surface area contributed by atoms with Gasteiger partial charge in [0.05, 0.1) is 12.1 Å². The number of carbonyl (C=O) groups excluding carboxylic acids is 1. The van der Waals surface area contributed by atoms with E-state index >= 15 is 0 Å². The molecular formula is C8H17N3O2. The van der Waals surface area contributed by atoms with E-state index in [1.165, 1.54) is 0 Å². The molecule has 0 aromatic rings. The summed E-state index contributed by atoms with van der Waals surface area (Å²) in [5.41, 5.74) is 10.5. The van der Waals surface area contributed by atoms with Crippen LogP contribution in [-0.4, -0.2) is 47.7 Å². The highest BCUT2D eigenvalue weighted by Gasteiger charge is 2.20. The minimum Gasteiger partial charge on any atom is -0.392 e. The van der Waals surface area contributed by atoms with Crippen LogP contribution in [0.5, 0.6) is 0 Å². The van der Waals surface area contributed by atoms with E-state index in [-0.39, 0.29) is 6.10 Å². The van der Waals surface area contributed by atoms with Gasteiger partial charge in [0.25, 0.3) is 0 Å². The Morgan fingerprint density at radius 2 is 2.38 bits per heavy atom. The lowest BCUT2D eigenvalue weighted by molar-refractivity contribution is -0.119. The molecule has 0 radical (unpaired) electrons. The van der Waals surface area contributed by atoms with Crippen molar-refractivity contribution in [1.82, 2.24) is 4.90 Å². The summed E-state index contributed by atoms with van der Waals surface area (Å²) in [6.45, 7) is 2.30. The van der Waals surface area contributed by atoms with Crippen molar-refractivity contribution in [3.05, 3.63) is 0 Å². The van der Waals surface area contributed by atoms with Crippen molar-refractivity contribution in [2.75, 3.05) is 19.6 Å². The molecule has 2 unspecified atom stereocenters. The number of hydrogen-bond acceptors (Lipinski definition) is 4. The normalized spacial score (nSPS) is 26.2. The molecule has 1 saturated heterocycles. The third-order valence-corrected chi connectivity index (χ3v) is 2.37. The number of likely N-dealkylation sites (tertiary alicyclic amines) is 1. The largest absolute Gasteiger partial charge is 0.392 e. The van der Waals surface area contributed by atoms with E-state index in [1.54, 1.807) is 0 Å². The molecule has 1 aliphatic rings. The highest BCUT2D eigenvalue weighted by Crippen LogP contribution is 2.08. The standard InChI is InChI=1S/C8H17N3O2/c9-7(8(10)13)2-4-11-3-1-6(12)5-11/h6-7,12H,1-5,9H2,(H2,10,13). The molecule has 0 bridgehead atoms. The highest BCUT2D eigenvalue weighted by atomic mass is 16.3. The van der Waals surface area contributed by atoms with Gasteiger partial charge in [0.1, 0.15) is 0 Å². The molecule has 2 atom stereocenters. The topological polar surface area (TPSA) is 92.6 Å². The zero-order valence-corrected chi connectivity index (χ0v) is 7.65. The fraction of sp³-hybridized carbons (Fsp3) is 0.875. The number of nitrogens with two attached hydrogens (primary N) is 2. The molecule has 5 nitrogen and oxygen atoms in total. The molecular weight excluding hydrogens is 170 g/mol. The maximum atomic E-state index is 10.6. The summed E-state index contributed by atoms with van der Waals surface area (Å²) >= 11 is 0. The third kappa shape index (κ3) is 3.30. The van der Waals surface area contributed by atoms with Crippen LogP contribution < -0.4 is 11.5 Å². The van der Waals surface area contributed by atoms with E-state index in [1.807, 2.05) is 0 Å². The van der Waals surface area contributed by atoms with Gasteiger partial charge in [-0.25, -0.2) is 0 Å². The van der Waals surface area contributed by atoms with Gasteiger partial charge >= 0.3 is 0 Å². The van der Waals surface area contributed by atoms with Crippen molar-refractivity contribution in [2.24, 2.45) is 11.5 Å². The minimum atomic E-state index is -0.558. The summed E-state index contributed by atoms with van der Waals surface area (Å²) in [4.78, 5) is 12.7. The van der Waals surface area contributed by atoms with E-state index < -0.39 is 11.9 Å². The quantitative estimate of drug-likeness (QED) is 0.487. The van der Waals surface area contributed by atoms with Crippen LogP contribution in [0, 0.1) is 0 Å². The van der Waals surface area contributed by atoms with Gasteiger partial charge in [-0.05, 0) is 12.8 Å². The Morgan fingerprint density at radius 3 is 2.85 bits per heavy atom. The first-order valence-electron chi connectivity index (χ1n) is 4.55. The smallest absolute Gasteiger partial charge is 0.234 e. The monoisotopic (exact) mass is 187 g/mol. The fourth-order valence-electron chi connectivity index (χ4n) is 1.48. The zero-order chi connectivity index (χ0) is 9.84. The zero-order valence-electron chi connectivity index (χ0n) is 7.65. The first kappa shape index (κ1) is 10.4. The Balaban J connectivity index is 2.16. The fourth-order valence-corrected chi connectivity index (χ4v) is 1.48. The third-order valence-electron chi connectivity index (χ3n) is 2.37. The number of β-amino-alcohol motifs (C(OH)–C–C–N with tert-alkyl or cyclic N) is 1. The Kier molecular flexibility index (Phi) is 3.65. The van der Waals surface area contributed by atoms with Crippen LogP contribution in [0.3, 0.4) is 0 Å². The van der Waals surface area contributed by atoms with E-state index in [4.69, 9.17) is 11.5 Å². The van der Waals surface area contributed by atoms with Crippen LogP contribution >= 0.6 is 0 Å². The van der Waals surface area contributed by atoms with Crippen LogP contribution in [0.25, 0.3) is 0 Å². The molecule has 1 aliphatic heterocycles. The Morgan fingerprint density at radius 1 is 1.69 bits per heavy atom. The van der Waals surface area contributed by atoms with Crippen LogP contribution in [-0.2, 0) is 4.79 Å². The molecule has 0 saturated carbocycles. The van der Waals surface area contributed by atoms with Crippen LogP contribution in [0.15, 0.2) is 0 Å². The molecule has 5 heteroatoms. The average Bonchev–Trinajstić information content (AvgIpc) is 2.47. The summed E-state index contributed by atoms with van der Waals surface area (Å²) < 4.78 is 0. The SMILES string of the molecule is NC(=O)C(N)CCN1CCC(O)C1.